The van der Waals surface area contributed by atoms with Gasteiger partial charge in [-0.05, 0) is 18.6 Å². The molecule has 0 aromatic heterocycles. The SMILES string of the molecule is COc1cccc(C=C2SC(=S)N(C(CCC(=O)O)C(=O)O)C2=O)c1OC. The zero-order valence-electron chi connectivity index (χ0n) is 14.5. The number of benzene rings is 1. The van der Waals surface area contributed by atoms with E-state index < -0.39 is 30.3 Å². The van der Waals surface area contributed by atoms with Crippen LogP contribution in [0, 0.1) is 0 Å². The summed E-state index contributed by atoms with van der Waals surface area (Å²) in [6, 6.07) is 3.80. The minimum atomic E-state index is -1.34. The number of carboxylic acid groups (broad SMARTS) is 2. The molecule has 8 nitrogen and oxygen atoms in total. The molecular formula is C17H17NO7S2. The highest BCUT2D eigenvalue weighted by molar-refractivity contribution is 8.26. The van der Waals surface area contributed by atoms with Crippen molar-refractivity contribution in [1.29, 1.82) is 0 Å². The molecule has 2 rings (SSSR count). The summed E-state index contributed by atoms with van der Waals surface area (Å²) in [4.78, 5) is 36.2. The van der Waals surface area contributed by atoms with Gasteiger partial charge in [0, 0.05) is 12.0 Å². The van der Waals surface area contributed by atoms with Gasteiger partial charge in [-0.25, -0.2) is 4.79 Å². The zero-order chi connectivity index (χ0) is 20.1. The average Bonchev–Trinajstić information content (AvgIpc) is 2.88. The molecule has 1 amide bonds. The van der Waals surface area contributed by atoms with Gasteiger partial charge in [0.05, 0.1) is 19.1 Å². The van der Waals surface area contributed by atoms with Crippen LogP contribution in [-0.2, 0) is 14.4 Å². The van der Waals surface area contributed by atoms with Crippen molar-refractivity contribution >= 4 is 52.2 Å². The Morgan fingerprint density at radius 1 is 1.30 bits per heavy atom. The fourth-order valence-electron chi connectivity index (χ4n) is 2.54. The van der Waals surface area contributed by atoms with E-state index in [0.717, 1.165) is 16.7 Å². The van der Waals surface area contributed by atoms with Crippen LogP contribution in [0.2, 0.25) is 0 Å². The van der Waals surface area contributed by atoms with Crippen LogP contribution in [-0.4, -0.2) is 57.5 Å². The fraction of sp³-hybridized carbons (Fsp3) is 0.294. The lowest BCUT2D eigenvalue weighted by Crippen LogP contribution is -2.44. The standard InChI is InChI=1S/C17H17NO7S2/c1-24-11-5-3-4-9(14(11)25-2)8-12-15(21)18(17(26)27-12)10(16(22)23)6-7-13(19)20/h3-5,8,10H,6-7H2,1-2H3,(H,19,20)(H,22,23). The average molecular weight is 411 g/mol. The van der Waals surface area contributed by atoms with Crippen LogP contribution in [0.5, 0.6) is 11.5 Å². The summed E-state index contributed by atoms with van der Waals surface area (Å²) in [7, 11) is 2.95. The van der Waals surface area contributed by atoms with E-state index in [1.807, 2.05) is 0 Å². The summed E-state index contributed by atoms with van der Waals surface area (Å²) < 4.78 is 10.6. The normalized spacial score (nSPS) is 16.5. The van der Waals surface area contributed by atoms with E-state index in [2.05, 4.69) is 0 Å². The fourth-order valence-corrected chi connectivity index (χ4v) is 3.89. The number of hydrogen-bond donors (Lipinski definition) is 2. The quantitative estimate of drug-likeness (QED) is 0.491. The molecule has 10 heteroatoms. The van der Waals surface area contributed by atoms with E-state index in [4.69, 9.17) is 26.8 Å². The number of thioether (sulfide) groups is 1. The smallest absolute Gasteiger partial charge is 0.326 e. The molecule has 1 aliphatic rings. The van der Waals surface area contributed by atoms with Crippen LogP contribution in [0.4, 0.5) is 0 Å². The Morgan fingerprint density at radius 2 is 2.00 bits per heavy atom. The summed E-state index contributed by atoms with van der Waals surface area (Å²) >= 11 is 6.11. The van der Waals surface area contributed by atoms with Gasteiger partial charge in [0.2, 0.25) is 0 Å². The molecular weight excluding hydrogens is 394 g/mol. The van der Waals surface area contributed by atoms with Crippen LogP contribution >= 0.6 is 24.0 Å². The molecule has 2 N–H and O–H groups in total. The van der Waals surface area contributed by atoms with E-state index in [0.29, 0.717) is 17.1 Å². The van der Waals surface area contributed by atoms with Gasteiger partial charge in [0.1, 0.15) is 10.4 Å². The van der Waals surface area contributed by atoms with Crippen molar-refractivity contribution in [1.82, 2.24) is 4.90 Å². The number of carbonyl (C=O) groups excluding carboxylic acids is 1. The van der Waals surface area contributed by atoms with Crippen LogP contribution in [0.25, 0.3) is 6.08 Å². The number of aliphatic carboxylic acids is 2. The zero-order valence-corrected chi connectivity index (χ0v) is 16.1. The number of methoxy groups -OCH3 is 2. The third-order valence-corrected chi connectivity index (χ3v) is 5.10. The first-order valence-electron chi connectivity index (χ1n) is 7.72. The maximum Gasteiger partial charge on any atom is 0.326 e. The van der Waals surface area contributed by atoms with Crippen molar-refractivity contribution in [2.75, 3.05) is 14.2 Å². The number of carbonyl (C=O) groups is 3. The molecule has 1 heterocycles. The van der Waals surface area contributed by atoms with Gasteiger partial charge in [0.25, 0.3) is 5.91 Å². The highest BCUT2D eigenvalue weighted by Gasteiger charge is 2.40. The number of thiocarbonyl (C=S) groups is 1. The van der Waals surface area contributed by atoms with Crippen LogP contribution in [0.1, 0.15) is 18.4 Å². The van der Waals surface area contributed by atoms with E-state index in [-0.39, 0.29) is 15.6 Å². The lowest BCUT2D eigenvalue weighted by atomic mass is 10.1. The molecule has 0 bridgehead atoms. The topological polar surface area (TPSA) is 113 Å². The molecule has 0 spiro atoms. The summed E-state index contributed by atoms with van der Waals surface area (Å²) in [6.07, 6.45) is 0.903. The predicted molar refractivity (Wildman–Crippen MR) is 103 cm³/mol. The van der Waals surface area contributed by atoms with Gasteiger partial charge in [0.15, 0.2) is 11.5 Å². The second kappa shape index (κ2) is 8.87. The summed E-state index contributed by atoms with van der Waals surface area (Å²) in [5.41, 5.74) is 0.565. The number of rotatable bonds is 8. The summed E-state index contributed by atoms with van der Waals surface area (Å²) in [5, 5.41) is 18.2. The molecule has 1 aromatic rings. The minimum absolute atomic E-state index is 0.0610. The largest absolute Gasteiger partial charge is 0.493 e. The van der Waals surface area contributed by atoms with Crippen LogP contribution in [0.3, 0.4) is 0 Å². The molecule has 1 fully saturated rings. The summed E-state index contributed by atoms with van der Waals surface area (Å²) in [6.45, 7) is 0. The third-order valence-electron chi connectivity index (χ3n) is 3.77. The molecule has 1 aromatic carbocycles. The summed E-state index contributed by atoms with van der Waals surface area (Å²) in [5.74, 6) is -2.15. The Balaban J connectivity index is 2.36. The number of hydrogen-bond acceptors (Lipinski definition) is 7. The van der Waals surface area contributed by atoms with E-state index in [1.54, 1.807) is 18.2 Å². The van der Waals surface area contributed by atoms with E-state index in [1.165, 1.54) is 20.3 Å². The molecule has 27 heavy (non-hydrogen) atoms. The highest BCUT2D eigenvalue weighted by atomic mass is 32.2. The molecule has 1 aliphatic heterocycles. The molecule has 0 radical (unpaired) electrons. The van der Waals surface area contributed by atoms with Gasteiger partial charge < -0.3 is 19.7 Å². The van der Waals surface area contributed by atoms with Gasteiger partial charge in [-0.2, -0.15) is 0 Å². The number of nitrogens with zero attached hydrogens (tertiary/aromatic N) is 1. The van der Waals surface area contributed by atoms with Crippen molar-refractivity contribution in [2.24, 2.45) is 0 Å². The predicted octanol–water partition coefficient (Wildman–Crippen LogP) is 2.22. The first-order chi connectivity index (χ1) is 12.8. The third kappa shape index (κ3) is 4.58. The van der Waals surface area contributed by atoms with Crippen LogP contribution in [0.15, 0.2) is 23.1 Å². The van der Waals surface area contributed by atoms with Gasteiger partial charge in [-0.1, -0.05) is 36.1 Å². The first kappa shape index (κ1) is 20.7. The molecule has 144 valence electrons. The van der Waals surface area contributed by atoms with Gasteiger partial charge in [-0.3, -0.25) is 14.5 Å². The van der Waals surface area contributed by atoms with E-state index in [9.17, 15) is 19.5 Å². The second-order valence-corrected chi connectivity index (χ2v) is 7.10. The van der Waals surface area contributed by atoms with E-state index >= 15 is 0 Å². The van der Waals surface area contributed by atoms with Gasteiger partial charge in [-0.15, -0.1) is 0 Å². The maximum atomic E-state index is 12.7. The van der Waals surface area contributed by atoms with Gasteiger partial charge >= 0.3 is 11.9 Å². The van der Waals surface area contributed by atoms with Crippen molar-refractivity contribution in [3.63, 3.8) is 0 Å². The number of carboxylic acids is 2. The van der Waals surface area contributed by atoms with Crippen molar-refractivity contribution in [3.05, 3.63) is 28.7 Å². The molecule has 1 atom stereocenters. The van der Waals surface area contributed by atoms with Crippen molar-refractivity contribution < 1.29 is 34.1 Å². The molecule has 1 saturated heterocycles. The van der Waals surface area contributed by atoms with Crippen molar-refractivity contribution in [2.45, 2.75) is 18.9 Å². The maximum absolute atomic E-state index is 12.7. The van der Waals surface area contributed by atoms with Crippen LogP contribution < -0.4 is 9.47 Å². The second-order valence-electron chi connectivity index (χ2n) is 5.42. The minimum Gasteiger partial charge on any atom is -0.493 e. The Hall–Kier alpha value is -2.59. The monoisotopic (exact) mass is 411 g/mol. The van der Waals surface area contributed by atoms with Crippen molar-refractivity contribution in [3.8, 4) is 11.5 Å². The lowest BCUT2D eigenvalue weighted by Gasteiger charge is -2.22. The lowest BCUT2D eigenvalue weighted by molar-refractivity contribution is -0.146. The molecule has 0 aliphatic carbocycles. The Bertz CT molecular complexity index is 821. The molecule has 0 saturated carbocycles. The Kier molecular flexibility index (Phi) is 6.81. The number of amides is 1. The molecule has 1 unspecified atom stereocenters. The number of ether oxygens (including phenoxy) is 2. The number of para-hydroxylation sites is 1. The first-order valence-corrected chi connectivity index (χ1v) is 8.95. The highest BCUT2D eigenvalue weighted by Crippen LogP contribution is 2.38. The Morgan fingerprint density at radius 3 is 2.56 bits per heavy atom. The Labute approximate surface area is 164 Å².